The molecule has 3 N–H and O–H groups in total. The molecule has 1 aliphatic rings. The van der Waals surface area contributed by atoms with E-state index in [0.29, 0.717) is 13.1 Å². The highest BCUT2D eigenvalue weighted by molar-refractivity contribution is 5.85. The zero-order valence-electron chi connectivity index (χ0n) is 4.96. The van der Waals surface area contributed by atoms with Gasteiger partial charge < -0.3 is 5.32 Å². The molecule has 0 saturated carbocycles. The van der Waals surface area contributed by atoms with Gasteiger partial charge >= 0.3 is 0 Å². The second-order valence-electron chi connectivity index (χ2n) is 1.76. The number of nitrogens with two attached hydrogens (primary N) is 1. The Balaban J connectivity index is 0.000000640. The van der Waals surface area contributed by atoms with Gasteiger partial charge in [-0.25, -0.2) is 5.84 Å². The molecule has 0 aliphatic carbocycles. The lowest BCUT2D eigenvalue weighted by molar-refractivity contribution is -0.132. The molecular weight excluding hydrogens is 142 g/mol. The highest BCUT2D eigenvalue weighted by Crippen LogP contribution is 1.82. The lowest BCUT2D eigenvalue weighted by Gasteiger charge is -2.21. The summed E-state index contributed by atoms with van der Waals surface area (Å²) in [7, 11) is 0. The molecule has 0 spiro atoms. The van der Waals surface area contributed by atoms with Crippen molar-refractivity contribution in [3.63, 3.8) is 0 Å². The van der Waals surface area contributed by atoms with Crippen LogP contribution in [0.1, 0.15) is 0 Å². The minimum absolute atomic E-state index is 0. The molecule has 1 heterocycles. The third-order valence-corrected chi connectivity index (χ3v) is 1.13. The molecule has 1 fully saturated rings. The van der Waals surface area contributed by atoms with Crippen LogP contribution in [0, 0.1) is 0 Å². The second-order valence-corrected chi connectivity index (χ2v) is 1.76. The highest BCUT2D eigenvalue weighted by atomic mass is 35.5. The number of hydrogen-bond acceptors (Lipinski definition) is 3. The Morgan fingerprint density at radius 1 is 1.67 bits per heavy atom. The summed E-state index contributed by atoms with van der Waals surface area (Å²) >= 11 is 0. The molecular formula is C4H10ClN3O. The molecule has 1 saturated heterocycles. The number of rotatable bonds is 0. The van der Waals surface area contributed by atoms with Gasteiger partial charge in [-0.1, -0.05) is 0 Å². The molecule has 1 amide bonds. The van der Waals surface area contributed by atoms with E-state index < -0.39 is 0 Å². The Morgan fingerprint density at radius 3 is 2.67 bits per heavy atom. The van der Waals surface area contributed by atoms with E-state index in [-0.39, 0.29) is 18.3 Å². The maximum absolute atomic E-state index is 10.5. The molecule has 1 rings (SSSR count). The normalized spacial score (nSPS) is 19.2. The lowest BCUT2D eigenvalue weighted by atomic mass is 10.4. The molecule has 0 aromatic heterocycles. The quantitative estimate of drug-likeness (QED) is 0.335. The van der Waals surface area contributed by atoms with Gasteiger partial charge in [-0.15, -0.1) is 12.4 Å². The predicted octanol–water partition coefficient (Wildman–Crippen LogP) is -1.29. The Kier molecular flexibility index (Phi) is 3.53. The molecule has 1 aliphatic heterocycles. The maximum Gasteiger partial charge on any atom is 0.250 e. The Bertz CT molecular complexity index is 108. The summed E-state index contributed by atoms with van der Waals surface area (Å²) in [6, 6.07) is 0. The highest BCUT2D eigenvalue weighted by Gasteiger charge is 2.12. The number of carbonyl (C=O) groups is 1. The number of nitrogens with one attached hydrogen (secondary N) is 1. The van der Waals surface area contributed by atoms with Crippen LogP contribution in [0.5, 0.6) is 0 Å². The SMILES string of the molecule is Cl.NN1CCNCC1=O. The summed E-state index contributed by atoms with van der Waals surface area (Å²) in [5.41, 5.74) is 0. The number of nitrogens with zero attached hydrogens (tertiary/aromatic N) is 1. The van der Waals surface area contributed by atoms with Gasteiger partial charge in [0.1, 0.15) is 0 Å². The second kappa shape index (κ2) is 3.66. The van der Waals surface area contributed by atoms with Crippen molar-refractivity contribution in [3.8, 4) is 0 Å². The van der Waals surface area contributed by atoms with Gasteiger partial charge in [-0.3, -0.25) is 9.80 Å². The van der Waals surface area contributed by atoms with Crippen molar-refractivity contribution in [2.75, 3.05) is 19.6 Å². The molecule has 0 unspecified atom stereocenters. The van der Waals surface area contributed by atoms with E-state index in [1.165, 1.54) is 5.01 Å². The Labute approximate surface area is 59.8 Å². The third-order valence-electron chi connectivity index (χ3n) is 1.13. The molecule has 0 radical (unpaired) electrons. The molecule has 54 valence electrons. The number of hydrogen-bond donors (Lipinski definition) is 2. The Hall–Kier alpha value is -0.320. The zero-order valence-corrected chi connectivity index (χ0v) is 5.78. The minimum atomic E-state index is -0.0312. The largest absolute Gasteiger partial charge is 0.307 e. The van der Waals surface area contributed by atoms with Gasteiger partial charge in [0.05, 0.1) is 6.54 Å². The van der Waals surface area contributed by atoms with Gasteiger partial charge in [-0.05, 0) is 0 Å². The molecule has 0 aromatic carbocycles. The van der Waals surface area contributed by atoms with Gasteiger partial charge in [0.15, 0.2) is 0 Å². The summed E-state index contributed by atoms with van der Waals surface area (Å²) in [6.45, 7) is 1.82. The molecule has 9 heavy (non-hydrogen) atoms. The van der Waals surface area contributed by atoms with Crippen LogP contribution in [0.2, 0.25) is 0 Å². The fraction of sp³-hybridized carbons (Fsp3) is 0.750. The molecule has 0 atom stereocenters. The molecule has 0 aromatic rings. The number of halogens is 1. The first kappa shape index (κ1) is 8.68. The number of piperazine rings is 1. The third kappa shape index (κ3) is 2.17. The van der Waals surface area contributed by atoms with E-state index in [1.54, 1.807) is 0 Å². The topological polar surface area (TPSA) is 58.4 Å². The van der Waals surface area contributed by atoms with Crippen LogP contribution in [0.4, 0.5) is 0 Å². The van der Waals surface area contributed by atoms with Crippen molar-refractivity contribution in [1.29, 1.82) is 0 Å². The Morgan fingerprint density at radius 2 is 2.33 bits per heavy atom. The van der Waals surface area contributed by atoms with E-state index in [0.717, 1.165) is 6.54 Å². The first-order valence-electron chi connectivity index (χ1n) is 2.56. The van der Waals surface area contributed by atoms with Crippen molar-refractivity contribution in [1.82, 2.24) is 10.3 Å². The van der Waals surface area contributed by atoms with Gasteiger partial charge in [0, 0.05) is 13.1 Å². The van der Waals surface area contributed by atoms with Crippen molar-refractivity contribution < 1.29 is 4.79 Å². The summed E-state index contributed by atoms with van der Waals surface area (Å²) in [6.07, 6.45) is 0. The predicted molar refractivity (Wildman–Crippen MR) is 36.0 cm³/mol. The maximum atomic E-state index is 10.5. The van der Waals surface area contributed by atoms with Crippen molar-refractivity contribution >= 4 is 18.3 Å². The number of carbonyl (C=O) groups excluding carboxylic acids is 1. The summed E-state index contributed by atoms with van der Waals surface area (Å²) in [4.78, 5) is 10.5. The first-order valence-corrected chi connectivity index (χ1v) is 2.56. The molecule has 5 heteroatoms. The van der Waals surface area contributed by atoms with Crippen LogP contribution in [0.3, 0.4) is 0 Å². The van der Waals surface area contributed by atoms with Crippen LogP contribution < -0.4 is 11.2 Å². The fourth-order valence-electron chi connectivity index (χ4n) is 0.621. The average Bonchev–Trinajstić information content (AvgIpc) is 1.77. The van der Waals surface area contributed by atoms with Gasteiger partial charge in [-0.2, -0.15) is 0 Å². The standard InChI is InChI=1S/C4H9N3O.ClH/c5-7-2-1-6-3-4(7)8;/h6H,1-3,5H2;1H. The number of hydrazine groups is 1. The zero-order chi connectivity index (χ0) is 5.98. The summed E-state index contributed by atoms with van der Waals surface area (Å²) in [5, 5.41) is 4.13. The molecule has 4 nitrogen and oxygen atoms in total. The average molecular weight is 152 g/mol. The monoisotopic (exact) mass is 151 g/mol. The fourth-order valence-corrected chi connectivity index (χ4v) is 0.621. The first-order chi connectivity index (χ1) is 3.80. The van der Waals surface area contributed by atoms with Gasteiger partial charge in [0.25, 0.3) is 0 Å². The van der Waals surface area contributed by atoms with Crippen LogP contribution >= 0.6 is 12.4 Å². The van der Waals surface area contributed by atoms with E-state index in [9.17, 15) is 4.79 Å². The molecule has 0 bridgehead atoms. The van der Waals surface area contributed by atoms with Gasteiger partial charge in [0.2, 0.25) is 5.91 Å². The lowest BCUT2D eigenvalue weighted by Crippen LogP contribution is -2.51. The van der Waals surface area contributed by atoms with Crippen molar-refractivity contribution in [2.24, 2.45) is 5.84 Å². The van der Waals surface area contributed by atoms with E-state index in [2.05, 4.69) is 5.32 Å². The van der Waals surface area contributed by atoms with Crippen LogP contribution in [0.15, 0.2) is 0 Å². The van der Waals surface area contributed by atoms with Crippen molar-refractivity contribution in [2.45, 2.75) is 0 Å². The number of amides is 1. The smallest absolute Gasteiger partial charge is 0.250 e. The van der Waals surface area contributed by atoms with E-state index >= 15 is 0 Å². The van der Waals surface area contributed by atoms with E-state index in [1.807, 2.05) is 0 Å². The van der Waals surface area contributed by atoms with Crippen LogP contribution in [-0.4, -0.2) is 30.6 Å². The van der Waals surface area contributed by atoms with Crippen LogP contribution in [0.25, 0.3) is 0 Å². The summed E-state index contributed by atoms with van der Waals surface area (Å²) in [5.74, 6) is 5.19. The summed E-state index contributed by atoms with van der Waals surface area (Å²) < 4.78 is 0. The van der Waals surface area contributed by atoms with Crippen LogP contribution in [-0.2, 0) is 4.79 Å². The van der Waals surface area contributed by atoms with E-state index in [4.69, 9.17) is 5.84 Å². The minimum Gasteiger partial charge on any atom is -0.307 e. The van der Waals surface area contributed by atoms with Crippen molar-refractivity contribution in [3.05, 3.63) is 0 Å².